The van der Waals surface area contributed by atoms with Gasteiger partial charge in [0.2, 0.25) is 5.91 Å². The Morgan fingerprint density at radius 2 is 1.80 bits per heavy atom. The van der Waals surface area contributed by atoms with Gasteiger partial charge in [-0.25, -0.2) is 0 Å². The summed E-state index contributed by atoms with van der Waals surface area (Å²) in [5.74, 6) is -0.462. The molecule has 3 aromatic rings. The molecule has 150 valence electrons. The summed E-state index contributed by atoms with van der Waals surface area (Å²) in [5.41, 5.74) is 2.47. The Bertz CT molecular complexity index is 1140. The molecule has 10 heteroatoms. The monoisotopic (exact) mass is 403 g/mol. The van der Waals surface area contributed by atoms with Gasteiger partial charge in [-0.3, -0.25) is 24.6 Å². The molecule has 30 heavy (non-hydrogen) atoms. The van der Waals surface area contributed by atoms with E-state index in [0.29, 0.717) is 29.8 Å². The van der Waals surface area contributed by atoms with Crippen LogP contribution in [0.3, 0.4) is 0 Å². The number of hydrogen-bond donors (Lipinski definition) is 2. The van der Waals surface area contributed by atoms with Gasteiger partial charge >= 0.3 is 0 Å². The highest BCUT2D eigenvalue weighted by Gasteiger charge is 2.47. The SMILES string of the molecule is O=C(CCCN1C(=O)c2ccccc2N2C(=O)c3ccccc3[C@@H]12)Nc1nn[nH]n1. The number of carbonyl (C=O) groups is 3. The van der Waals surface area contributed by atoms with Gasteiger partial charge in [-0.1, -0.05) is 35.4 Å². The van der Waals surface area contributed by atoms with Crippen molar-refractivity contribution in [2.45, 2.75) is 19.0 Å². The molecule has 0 radical (unpaired) electrons. The molecule has 2 aliphatic heterocycles. The summed E-state index contributed by atoms with van der Waals surface area (Å²) in [6, 6.07) is 14.4. The summed E-state index contributed by atoms with van der Waals surface area (Å²) in [4.78, 5) is 41.8. The largest absolute Gasteiger partial charge is 0.313 e. The number of amides is 3. The van der Waals surface area contributed by atoms with E-state index in [-0.39, 0.29) is 30.1 Å². The van der Waals surface area contributed by atoms with E-state index in [2.05, 4.69) is 25.9 Å². The van der Waals surface area contributed by atoms with Crippen LogP contribution in [0.5, 0.6) is 0 Å². The van der Waals surface area contributed by atoms with Crippen molar-refractivity contribution in [1.82, 2.24) is 25.5 Å². The molecule has 1 atom stereocenters. The first-order valence-corrected chi connectivity index (χ1v) is 9.51. The van der Waals surface area contributed by atoms with Crippen LogP contribution in [0, 0.1) is 0 Å². The zero-order valence-corrected chi connectivity index (χ0v) is 15.8. The predicted molar refractivity (Wildman–Crippen MR) is 106 cm³/mol. The third-order valence-electron chi connectivity index (χ3n) is 5.28. The summed E-state index contributed by atoms with van der Waals surface area (Å²) in [5, 5.41) is 15.5. The maximum atomic E-state index is 13.3. The average Bonchev–Trinajstić information content (AvgIpc) is 3.37. The number of nitrogens with zero attached hydrogens (tertiary/aromatic N) is 5. The van der Waals surface area contributed by atoms with Crippen molar-refractivity contribution in [3.63, 3.8) is 0 Å². The van der Waals surface area contributed by atoms with Crippen LogP contribution < -0.4 is 10.2 Å². The van der Waals surface area contributed by atoms with Crippen molar-refractivity contribution in [3.8, 4) is 0 Å². The molecule has 0 bridgehead atoms. The van der Waals surface area contributed by atoms with E-state index >= 15 is 0 Å². The fourth-order valence-corrected chi connectivity index (χ4v) is 4.01. The third kappa shape index (κ3) is 2.81. The molecule has 3 heterocycles. The van der Waals surface area contributed by atoms with Crippen molar-refractivity contribution < 1.29 is 14.4 Å². The number of hydrogen-bond acceptors (Lipinski definition) is 6. The first-order chi connectivity index (χ1) is 14.6. The van der Waals surface area contributed by atoms with Crippen molar-refractivity contribution in [2.24, 2.45) is 0 Å². The number of rotatable bonds is 5. The molecule has 2 aromatic carbocycles. The average molecular weight is 403 g/mol. The molecular formula is C20H17N7O3. The molecule has 0 spiro atoms. The molecule has 0 aliphatic carbocycles. The summed E-state index contributed by atoms with van der Waals surface area (Å²) in [6.45, 7) is 0.315. The van der Waals surface area contributed by atoms with Gasteiger partial charge in [-0.15, -0.1) is 5.10 Å². The van der Waals surface area contributed by atoms with Crippen molar-refractivity contribution in [1.29, 1.82) is 0 Å². The second kappa shape index (κ2) is 7.07. The van der Waals surface area contributed by atoms with Crippen LogP contribution in [-0.4, -0.2) is 49.8 Å². The number of tetrazole rings is 1. The zero-order valence-electron chi connectivity index (χ0n) is 15.8. The lowest BCUT2D eigenvalue weighted by atomic mass is 10.0. The van der Waals surface area contributed by atoms with Crippen LogP contribution in [0.25, 0.3) is 0 Å². The zero-order chi connectivity index (χ0) is 20.7. The van der Waals surface area contributed by atoms with E-state index in [9.17, 15) is 14.4 Å². The highest BCUT2D eigenvalue weighted by atomic mass is 16.2. The van der Waals surface area contributed by atoms with E-state index < -0.39 is 6.17 Å². The Balaban J connectivity index is 1.41. The Morgan fingerprint density at radius 1 is 1.03 bits per heavy atom. The fourth-order valence-electron chi connectivity index (χ4n) is 4.01. The minimum atomic E-state index is -0.517. The fraction of sp³-hybridized carbons (Fsp3) is 0.200. The summed E-state index contributed by atoms with van der Waals surface area (Å²) in [7, 11) is 0. The number of carbonyl (C=O) groups excluding carboxylic acids is 3. The summed E-state index contributed by atoms with van der Waals surface area (Å²) >= 11 is 0. The molecule has 10 nitrogen and oxygen atoms in total. The Hall–Kier alpha value is -4.08. The highest BCUT2D eigenvalue weighted by molar-refractivity contribution is 6.16. The number of fused-ring (bicyclic) bond motifs is 5. The first-order valence-electron chi connectivity index (χ1n) is 9.51. The standard InChI is InChI=1S/C20H17N7O3/c28-16(21-20-22-24-25-23-20)10-5-11-26-17-12-6-1-2-7-13(12)19(30)27(17)15-9-4-3-8-14(15)18(26)29/h1-4,6-9,17H,5,10-11H2,(H2,21,22,23,24,25,28)/t17-/m0/s1. The van der Waals surface area contributed by atoms with Crippen LogP contribution in [-0.2, 0) is 4.79 Å². The predicted octanol–water partition coefficient (Wildman–Crippen LogP) is 1.73. The first kappa shape index (κ1) is 18.0. The maximum absolute atomic E-state index is 13.3. The van der Waals surface area contributed by atoms with Crippen LogP contribution in [0.1, 0.15) is 45.3 Å². The number of H-pyrrole nitrogens is 1. The summed E-state index contributed by atoms with van der Waals surface area (Å²) in [6.07, 6.45) is 0.0666. The molecule has 0 saturated heterocycles. The number of benzene rings is 2. The lowest BCUT2D eigenvalue weighted by Gasteiger charge is -2.41. The van der Waals surface area contributed by atoms with Gasteiger partial charge in [0.1, 0.15) is 6.17 Å². The minimum Gasteiger partial charge on any atom is -0.313 e. The van der Waals surface area contributed by atoms with Gasteiger partial charge in [-0.2, -0.15) is 5.21 Å². The topological polar surface area (TPSA) is 124 Å². The lowest BCUT2D eigenvalue weighted by molar-refractivity contribution is -0.116. The molecule has 3 amide bonds. The van der Waals surface area contributed by atoms with E-state index in [1.807, 2.05) is 24.3 Å². The third-order valence-corrected chi connectivity index (χ3v) is 5.28. The number of aromatic amines is 1. The van der Waals surface area contributed by atoms with Gasteiger partial charge in [0.25, 0.3) is 17.8 Å². The van der Waals surface area contributed by atoms with Crippen molar-refractivity contribution >= 4 is 29.4 Å². The number of anilines is 2. The molecule has 1 aromatic heterocycles. The molecule has 5 rings (SSSR count). The van der Waals surface area contributed by atoms with E-state index in [4.69, 9.17) is 0 Å². The van der Waals surface area contributed by atoms with E-state index in [1.165, 1.54) is 0 Å². The molecule has 0 unspecified atom stereocenters. The van der Waals surface area contributed by atoms with E-state index in [1.54, 1.807) is 34.1 Å². The van der Waals surface area contributed by atoms with Crippen LogP contribution in [0.4, 0.5) is 11.6 Å². The van der Waals surface area contributed by atoms with Crippen molar-refractivity contribution in [2.75, 3.05) is 16.8 Å². The van der Waals surface area contributed by atoms with Gasteiger partial charge in [0.15, 0.2) is 0 Å². The number of nitrogens with one attached hydrogen (secondary N) is 2. The molecule has 2 N–H and O–H groups in total. The Labute approximate surface area is 170 Å². The smallest absolute Gasteiger partial charge is 0.269 e. The van der Waals surface area contributed by atoms with Gasteiger partial charge in [0, 0.05) is 24.1 Å². The van der Waals surface area contributed by atoms with Crippen LogP contribution in [0.15, 0.2) is 48.5 Å². The molecule has 2 aliphatic rings. The highest BCUT2D eigenvalue weighted by Crippen LogP contribution is 2.45. The number of para-hydroxylation sites is 1. The van der Waals surface area contributed by atoms with E-state index in [0.717, 1.165) is 5.56 Å². The second-order valence-corrected chi connectivity index (χ2v) is 7.04. The quantitative estimate of drug-likeness (QED) is 0.669. The molecule has 0 saturated carbocycles. The molecule has 0 fully saturated rings. The summed E-state index contributed by atoms with van der Waals surface area (Å²) < 4.78 is 0. The Morgan fingerprint density at radius 3 is 2.60 bits per heavy atom. The molecular weight excluding hydrogens is 386 g/mol. The normalized spacial score (nSPS) is 16.9. The Kier molecular flexibility index (Phi) is 4.24. The second-order valence-electron chi connectivity index (χ2n) is 7.04. The lowest BCUT2D eigenvalue weighted by Crippen LogP contribution is -2.48. The van der Waals surface area contributed by atoms with Crippen molar-refractivity contribution in [3.05, 3.63) is 65.2 Å². The minimum absolute atomic E-state index is 0.101. The van der Waals surface area contributed by atoms with Gasteiger partial charge in [-0.05, 0) is 29.8 Å². The van der Waals surface area contributed by atoms with Crippen LogP contribution in [0.2, 0.25) is 0 Å². The van der Waals surface area contributed by atoms with Gasteiger partial charge in [0.05, 0.1) is 11.3 Å². The van der Waals surface area contributed by atoms with Gasteiger partial charge < -0.3 is 4.90 Å². The van der Waals surface area contributed by atoms with Crippen LogP contribution >= 0.6 is 0 Å². The maximum Gasteiger partial charge on any atom is 0.269 e. The number of aromatic nitrogens is 4.